The van der Waals surface area contributed by atoms with Crippen LogP contribution in [0.2, 0.25) is 0 Å². The maximum Gasteiger partial charge on any atom is 0.132 e. The fraction of sp³-hybridized carbons (Fsp3) is 0.304. The molecule has 1 unspecified atom stereocenters. The lowest BCUT2D eigenvalue weighted by atomic mass is 10.1. The Labute approximate surface area is 154 Å². The number of benzene rings is 2. The Kier molecular flexibility index (Phi) is 4.89. The molecule has 26 heavy (non-hydrogen) atoms. The van der Waals surface area contributed by atoms with Crippen molar-refractivity contribution < 1.29 is 9.29 Å². The van der Waals surface area contributed by atoms with E-state index in [1.165, 1.54) is 34.6 Å². The Bertz CT molecular complexity index is 879. The average molecular weight is 349 g/mol. The minimum atomic E-state index is -0.0826. The van der Waals surface area contributed by atoms with Gasteiger partial charge >= 0.3 is 0 Å². The van der Waals surface area contributed by atoms with Gasteiger partial charge in [0.1, 0.15) is 18.9 Å². The highest BCUT2D eigenvalue weighted by atomic mass is 19.1. The number of aryl methyl sites for hydroxylation is 1. The molecular formula is C23H26FN2+. The second-order valence-electron chi connectivity index (χ2n) is 7.49. The lowest BCUT2D eigenvalue weighted by Gasteiger charge is -2.21. The number of nitrogens with one attached hydrogen (secondary N) is 1. The molecule has 0 amide bonds. The number of hydrogen-bond acceptors (Lipinski definition) is 0. The molecule has 0 aliphatic heterocycles. The van der Waals surface area contributed by atoms with Gasteiger partial charge in [0.15, 0.2) is 0 Å². The molecule has 1 heterocycles. The molecule has 1 N–H and O–H groups in total. The lowest BCUT2D eigenvalue weighted by Crippen LogP contribution is -3.10. The molecule has 0 bridgehead atoms. The van der Waals surface area contributed by atoms with Gasteiger partial charge in [0.25, 0.3) is 0 Å². The van der Waals surface area contributed by atoms with Crippen LogP contribution in [0.4, 0.5) is 4.39 Å². The molecule has 0 saturated heterocycles. The molecule has 2 nitrogen and oxygen atoms in total. The first kappa shape index (κ1) is 17.0. The molecular weight excluding hydrogens is 323 g/mol. The minimum Gasteiger partial charge on any atom is -0.342 e. The number of nitrogens with zero attached hydrogens (tertiary/aromatic N) is 1. The first-order chi connectivity index (χ1) is 12.7. The molecule has 1 aliphatic rings. The molecule has 0 radical (unpaired) electrons. The largest absolute Gasteiger partial charge is 0.342 e. The van der Waals surface area contributed by atoms with Crippen LogP contribution in [0.15, 0.2) is 66.9 Å². The van der Waals surface area contributed by atoms with E-state index in [1.54, 1.807) is 12.1 Å². The number of aromatic nitrogens is 1. The summed E-state index contributed by atoms with van der Waals surface area (Å²) in [4.78, 5) is 1.47. The summed E-state index contributed by atoms with van der Waals surface area (Å²) in [5, 5.41) is 0. The minimum absolute atomic E-state index is 0.0826. The van der Waals surface area contributed by atoms with Gasteiger partial charge in [-0.2, -0.15) is 0 Å². The van der Waals surface area contributed by atoms with E-state index in [1.807, 2.05) is 12.1 Å². The van der Waals surface area contributed by atoms with Crippen molar-refractivity contribution in [1.29, 1.82) is 0 Å². The van der Waals surface area contributed by atoms with Crippen LogP contribution < -0.4 is 4.90 Å². The molecule has 2 aromatic carbocycles. The van der Waals surface area contributed by atoms with Crippen LogP contribution in [-0.4, -0.2) is 10.6 Å². The van der Waals surface area contributed by atoms with Crippen LogP contribution in [0.3, 0.4) is 0 Å². The van der Waals surface area contributed by atoms with E-state index >= 15 is 0 Å². The van der Waals surface area contributed by atoms with Crippen molar-refractivity contribution in [3.8, 4) is 0 Å². The highest BCUT2D eigenvalue weighted by molar-refractivity contribution is 5.23. The standard InChI is InChI=1S/C23H25FN2/c1-18-6-4-7-19(14-18)15-25-13-5-9-22(25)17-26(21-11-12-21)16-20-8-2-3-10-23(20)24/h2-10,13-14,21H,11-12,15-17H2,1H3/p+1. The van der Waals surface area contributed by atoms with Crippen molar-refractivity contribution >= 4 is 0 Å². The van der Waals surface area contributed by atoms with Crippen molar-refractivity contribution in [3.63, 3.8) is 0 Å². The summed E-state index contributed by atoms with van der Waals surface area (Å²) in [6.45, 7) is 4.72. The van der Waals surface area contributed by atoms with Gasteiger partial charge in [-0.1, -0.05) is 48.0 Å². The molecule has 1 fully saturated rings. The van der Waals surface area contributed by atoms with E-state index in [9.17, 15) is 4.39 Å². The summed E-state index contributed by atoms with van der Waals surface area (Å²) in [5.41, 5.74) is 4.77. The predicted octanol–water partition coefficient (Wildman–Crippen LogP) is 3.73. The zero-order valence-corrected chi connectivity index (χ0v) is 15.3. The molecule has 134 valence electrons. The first-order valence-corrected chi connectivity index (χ1v) is 9.46. The van der Waals surface area contributed by atoms with Crippen LogP contribution >= 0.6 is 0 Å². The molecule has 0 spiro atoms. The molecule has 3 aromatic rings. The Hall–Kier alpha value is -2.39. The molecule has 1 aromatic heterocycles. The van der Waals surface area contributed by atoms with Crippen molar-refractivity contribution in [2.45, 2.75) is 45.4 Å². The summed E-state index contributed by atoms with van der Waals surface area (Å²) in [7, 11) is 0. The van der Waals surface area contributed by atoms with E-state index in [4.69, 9.17) is 0 Å². The van der Waals surface area contributed by atoms with E-state index in [2.05, 4.69) is 54.1 Å². The smallest absolute Gasteiger partial charge is 0.132 e. The molecule has 1 atom stereocenters. The molecule has 1 saturated carbocycles. The third kappa shape index (κ3) is 4.05. The van der Waals surface area contributed by atoms with Gasteiger partial charge in [-0.25, -0.2) is 4.39 Å². The van der Waals surface area contributed by atoms with Crippen LogP contribution in [-0.2, 0) is 19.6 Å². The van der Waals surface area contributed by atoms with E-state index in [-0.39, 0.29) is 5.82 Å². The monoisotopic (exact) mass is 349 g/mol. The summed E-state index contributed by atoms with van der Waals surface area (Å²) in [5.74, 6) is -0.0826. The van der Waals surface area contributed by atoms with Crippen LogP contribution in [0.25, 0.3) is 0 Å². The number of hydrogen-bond donors (Lipinski definition) is 1. The summed E-state index contributed by atoms with van der Waals surface area (Å²) >= 11 is 0. The van der Waals surface area contributed by atoms with E-state index < -0.39 is 0 Å². The van der Waals surface area contributed by atoms with Crippen LogP contribution in [0.5, 0.6) is 0 Å². The fourth-order valence-electron chi connectivity index (χ4n) is 3.73. The highest BCUT2D eigenvalue weighted by Gasteiger charge is 2.34. The zero-order valence-electron chi connectivity index (χ0n) is 15.3. The maximum absolute atomic E-state index is 14.1. The van der Waals surface area contributed by atoms with Gasteiger partial charge in [0, 0.05) is 31.1 Å². The van der Waals surface area contributed by atoms with Crippen molar-refractivity contribution in [1.82, 2.24) is 4.57 Å². The highest BCUT2D eigenvalue weighted by Crippen LogP contribution is 2.18. The summed E-state index contributed by atoms with van der Waals surface area (Å²) in [6, 6.07) is 20.9. The molecule has 4 rings (SSSR count). The second kappa shape index (κ2) is 7.46. The van der Waals surface area contributed by atoms with Gasteiger partial charge < -0.3 is 9.47 Å². The van der Waals surface area contributed by atoms with Gasteiger partial charge in [0.2, 0.25) is 0 Å². The quantitative estimate of drug-likeness (QED) is 0.666. The third-order valence-corrected chi connectivity index (χ3v) is 5.30. The Morgan fingerprint density at radius 1 is 1.00 bits per heavy atom. The Morgan fingerprint density at radius 2 is 1.85 bits per heavy atom. The van der Waals surface area contributed by atoms with Crippen molar-refractivity contribution in [2.24, 2.45) is 0 Å². The van der Waals surface area contributed by atoms with Gasteiger partial charge in [-0.3, -0.25) is 0 Å². The first-order valence-electron chi connectivity index (χ1n) is 9.46. The molecule has 1 aliphatic carbocycles. The van der Waals surface area contributed by atoms with Gasteiger partial charge in [-0.15, -0.1) is 0 Å². The Morgan fingerprint density at radius 3 is 2.62 bits per heavy atom. The topological polar surface area (TPSA) is 9.37 Å². The van der Waals surface area contributed by atoms with Crippen LogP contribution in [0, 0.1) is 12.7 Å². The second-order valence-corrected chi connectivity index (χ2v) is 7.49. The van der Waals surface area contributed by atoms with Crippen molar-refractivity contribution in [2.75, 3.05) is 0 Å². The van der Waals surface area contributed by atoms with Crippen molar-refractivity contribution in [3.05, 3.63) is 95.1 Å². The van der Waals surface area contributed by atoms with E-state index in [0.717, 1.165) is 25.2 Å². The number of rotatable bonds is 7. The lowest BCUT2D eigenvalue weighted by molar-refractivity contribution is -0.939. The SMILES string of the molecule is Cc1cccc(Cn2cccc2C[NH+](Cc2ccccc2F)C2CC2)c1. The number of quaternary nitrogens is 1. The maximum atomic E-state index is 14.1. The van der Waals surface area contributed by atoms with Gasteiger partial charge in [0.05, 0.1) is 11.7 Å². The van der Waals surface area contributed by atoms with E-state index in [0.29, 0.717) is 6.04 Å². The van der Waals surface area contributed by atoms with Crippen LogP contribution in [0.1, 0.15) is 35.2 Å². The average Bonchev–Trinajstić information content (AvgIpc) is 3.39. The normalized spacial score (nSPS) is 15.2. The number of halogens is 1. The molecule has 3 heteroatoms. The Balaban J connectivity index is 1.50. The zero-order chi connectivity index (χ0) is 17.9. The predicted molar refractivity (Wildman–Crippen MR) is 103 cm³/mol. The fourth-order valence-corrected chi connectivity index (χ4v) is 3.73. The summed E-state index contributed by atoms with van der Waals surface area (Å²) in [6.07, 6.45) is 4.66. The van der Waals surface area contributed by atoms with Gasteiger partial charge in [-0.05, 0) is 30.7 Å². The third-order valence-electron chi connectivity index (χ3n) is 5.30. The summed E-state index contributed by atoms with van der Waals surface area (Å²) < 4.78 is 16.4.